The number of nitrogens with one attached hydrogen (secondary N) is 1. The Kier molecular flexibility index (Phi) is 8.97. The standard InChI is InChI=1S/C32H39N3O4S2/c1-22(2)34(3)26-14-15-29(25(18-26)21-41(38,39)27-12-8-5-9-13-27)35-17-16-28(32(35)37)33-31(36)30-19-24(20-40-30)23-10-6-4-7-11-23/h4-13,19-20,22,25-26,28-29H,14-18,21H2,1-3H3,(H,33,36)/t25-,26+,28?,29-/m0/s1. The molecule has 1 N–H and O–H groups in total. The summed E-state index contributed by atoms with van der Waals surface area (Å²) in [5.41, 5.74) is 2.02. The smallest absolute Gasteiger partial charge is 0.262 e. The van der Waals surface area contributed by atoms with E-state index < -0.39 is 15.9 Å². The Balaban J connectivity index is 1.30. The molecule has 2 aliphatic rings. The third-order valence-electron chi connectivity index (χ3n) is 8.72. The lowest BCUT2D eigenvalue weighted by Crippen LogP contribution is -2.53. The molecule has 0 spiro atoms. The highest BCUT2D eigenvalue weighted by Gasteiger charge is 2.44. The van der Waals surface area contributed by atoms with E-state index in [0.717, 1.165) is 24.0 Å². The third kappa shape index (κ3) is 6.58. The molecule has 1 unspecified atom stereocenters. The number of carbonyl (C=O) groups is 2. The van der Waals surface area contributed by atoms with E-state index in [1.807, 2.05) is 52.7 Å². The van der Waals surface area contributed by atoms with Crippen LogP contribution >= 0.6 is 11.3 Å². The SMILES string of the molecule is CC(C)N(C)[C@@H]1CC[C@H](N2CCC(NC(=O)c3cc(-c4ccccc4)cs3)C2=O)[C@H](CS(=O)(=O)c2ccccc2)C1. The zero-order valence-corrected chi connectivity index (χ0v) is 25.5. The number of hydrogen-bond acceptors (Lipinski definition) is 6. The number of nitrogens with zero attached hydrogens (tertiary/aromatic N) is 2. The molecule has 0 radical (unpaired) electrons. The summed E-state index contributed by atoms with van der Waals surface area (Å²) in [4.78, 5) is 31.8. The van der Waals surface area contributed by atoms with E-state index in [-0.39, 0.29) is 35.6 Å². The van der Waals surface area contributed by atoms with Gasteiger partial charge in [0.1, 0.15) is 6.04 Å². The molecule has 2 amide bonds. The van der Waals surface area contributed by atoms with E-state index in [1.165, 1.54) is 11.3 Å². The topological polar surface area (TPSA) is 86.8 Å². The average molecular weight is 594 g/mol. The van der Waals surface area contributed by atoms with Crippen molar-refractivity contribution < 1.29 is 18.0 Å². The summed E-state index contributed by atoms with van der Waals surface area (Å²) in [6.45, 7) is 4.81. The summed E-state index contributed by atoms with van der Waals surface area (Å²) in [5, 5.41) is 4.92. The number of amides is 2. The minimum atomic E-state index is -3.52. The van der Waals surface area contributed by atoms with Gasteiger partial charge >= 0.3 is 0 Å². The second-order valence-electron chi connectivity index (χ2n) is 11.6. The average Bonchev–Trinajstić information content (AvgIpc) is 3.61. The Morgan fingerprint density at radius 2 is 1.71 bits per heavy atom. The molecule has 3 aromatic rings. The molecule has 1 saturated heterocycles. The molecule has 0 bridgehead atoms. The predicted molar refractivity (Wildman–Crippen MR) is 164 cm³/mol. The van der Waals surface area contributed by atoms with Gasteiger partial charge in [-0.3, -0.25) is 9.59 Å². The highest BCUT2D eigenvalue weighted by Crippen LogP contribution is 2.36. The van der Waals surface area contributed by atoms with Gasteiger partial charge in [0.15, 0.2) is 9.84 Å². The monoisotopic (exact) mass is 593 g/mol. The quantitative estimate of drug-likeness (QED) is 0.373. The minimum absolute atomic E-state index is 0.00236. The van der Waals surface area contributed by atoms with Crippen molar-refractivity contribution in [3.05, 3.63) is 77.0 Å². The molecule has 5 rings (SSSR count). The Bertz CT molecular complexity index is 1460. The summed E-state index contributed by atoms with van der Waals surface area (Å²) < 4.78 is 26.9. The van der Waals surface area contributed by atoms with Gasteiger partial charge in [-0.25, -0.2) is 8.42 Å². The molecule has 2 heterocycles. The third-order valence-corrected chi connectivity index (χ3v) is 11.5. The van der Waals surface area contributed by atoms with Gasteiger partial charge in [-0.05, 0) is 87.2 Å². The molecular weight excluding hydrogens is 555 g/mol. The predicted octanol–water partition coefficient (Wildman–Crippen LogP) is 5.10. The molecule has 1 saturated carbocycles. The van der Waals surface area contributed by atoms with Crippen LogP contribution in [0.15, 0.2) is 77.0 Å². The number of rotatable bonds is 9. The highest BCUT2D eigenvalue weighted by molar-refractivity contribution is 7.91. The Hall–Kier alpha value is -3.01. The van der Waals surface area contributed by atoms with Crippen LogP contribution in [0.5, 0.6) is 0 Å². The van der Waals surface area contributed by atoms with Crippen molar-refractivity contribution in [2.75, 3.05) is 19.3 Å². The van der Waals surface area contributed by atoms with Crippen LogP contribution in [0.3, 0.4) is 0 Å². The summed E-state index contributed by atoms with van der Waals surface area (Å²) in [7, 11) is -1.43. The Morgan fingerprint density at radius 1 is 1.02 bits per heavy atom. The van der Waals surface area contributed by atoms with Crippen LogP contribution in [-0.2, 0) is 14.6 Å². The molecule has 41 heavy (non-hydrogen) atoms. The van der Waals surface area contributed by atoms with Gasteiger partial charge in [0.2, 0.25) is 5.91 Å². The number of carbonyl (C=O) groups excluding carboxylic acids is 2. The molecule has 4 atom stereocenters. The van der Waals surface area contributed by atoms with Crippen LogP contribution in [0.1, 0.15) is 49.2 Å². The van der Waals surface area contributed by atoms with Crippen molar-refractivity contribution in [3.63, 3.8) is 0 Å². The van der Waals surface area contributed by atoms with Crippen molar-refractivity contribution >= 4 is 33.0 Å². The van der Waals surface area contributed by atoms with Crippen molar-refractivity contribution in [2.45, 2.75) is 68.6 Å². The van der Waals surface area contributed by atoms with Crippen LogP contribution in [-0.4, -0.2) is 73.5 Å². The first-order chi connectivity index (χ1) is 19.6. The van der Waals surface area contributed by atoms with Gasteiger partial charge in [0.25, 0.3) is 5.91 Å². The van der Waals surface area contributed by atoms with E-state index in [4.69, 9.17) is 0 Å². The number of likely N-dealkylation sites (tertiary alicyclic amines) is 1. The van der Waals surface area contributed by atoms with Crippen LogP contribution in [0.25, 0.3) is 11.1 Å². The molecule has 9 heteroatoms. The first kappa shape index (κ1) is 29.5. The zero-order valence-electron chi connectivity index (χ0n) is 23.9. The first-order valence-corrected chi connectivity index (χ1v) is 16.9. The van der Waals surface area contributed by atoms with Gasteiger partial charge < -0.3 is 15.1 Å². The maximum atomic E-state index is 13.7. The zero-order chi connectivity index (χ0) is 29.1. The van der Waals surface area contributed by atoms with E-state index in [9.17, 15) is 18.0 Å². The Labute approximate surface area is 247 Å². The number of hydrogen-bond donors (Lipinski definition) is 1. The maximum Gasteiger partial charge on any atom is 0.262 e. The molecule has 7 nitrogen and oxygen atoms in total. The fraction of sp³-hybridized carbons (Fsp3) is 0.438. The minimum Gasteiger partial charge on any atom is -0.339 e. The molecule has 218 valence electrons. The lowest BCUT2D eigenvalue weighted by molar-refractivity contribution is -0.133. The van der Waals surface area contributed by atoms with Crippen LogP contribution in [0.2, 0.25) is 0 Å². The van der Waals surface area contributed by atoms with E-state index >= 15 is 0 Å². The van der Waals surface area contributed by atoms with Crippen LogP contribution in [0, 0.1) is 5.92 Å². The van der Waals surface area contributed by atoms with Crippen molar-refractivity contribution in [1.82, 2.24) is 15.1 Å². The van der Waals surface area contributed by atoms with Gasteiger partial charge in [-0.2, -0.15) is 0 Å². The van der Waals surface area contributed by atoms with Gasteiger partial charge in [0, 0.05) is 24.7 Å². The van der Waals surface area contributed by atoms with Gasteiger partial charge in [-0.15, -0.1) is 11.3 Å². The normalized spacial score (nSPS) is 23.3. The summed E-state index contributed by atoms with van der Waals surface area (Å²) >= 11 is 1.37. The van der Waals surface area contributed by atoms with E-state index in [2.05, 4.69) is 31.1 Å². The van der Waals surface area contributed by atoms with Crippen molar-refractivity contribution in [2.24, 2.45) is 5.92 Å². The first-order valence-electron chi connectivity index (χ1n) is 14.4. The van der Waals surface area contributed by atoms with Gasteiger partial charge in [-0.1, -0.05) is 48.5 Å². The fourth-order valence-corrected chi connectivity index (χ4v) is 8.75. The second-order valence-corrected chi connectivity index (χ2v) is 14.5. The number of thiophene rings is 1. The van der Waals surface area contributed by atoms with Gasteiger partial charge in [0.05, 0.1) is 15.5 Å². The molecule has 1 aromatic heterocycles. The number of benzene rings is 2. The van der Waals surface area contributed by atoms with Crippen LogP contribution < -0.4 is 5.32 Å². The molecule has 1 aliphatic heterocycles. The Morgan fingerprint density at radius 3 is 2.39 bits per heavy atom. The summed E-state index contributed by atoms with van der Waals surface area (Å²) in [5.74, 6) is -0.546. The molecule has 2 fully saturated rings. The molecule has 1 aliphatic carbocycles. The second kappa shape index (κ2) is 12.5. The lowest BCUT2D eigenvalue weighted by Gasteiger charge is -2.44. The highest BCUT2D eigenvalue weighted by atomic mass is 32.2. The molecule has 2 aromatic carbocycles. The van der Waals surface area contributed by atoms with Crippen LogP contribution in [0.4, 0.5) is 0 Å². The van der Waals surface area contributed by atoms with Crippen molar-refractivity contribution in [3.8, 4) is 11.1 Å². The lowest BCUT2D eigenvalue weighted by atomic mass is 9.81. The number of sulfone groups is 1. The fourth-order valence-electron chi connectivity index (χ4n) is 6.24. The molecular formula is C32H39N3O4S2. The van der Waals surface area contributed by atoms with Crippen molar-refractivity contribution in [1.29, 1.82) is 0 Å². The summed E-state index contributed by atoms with van der Waals surface area (Å²) in [6.07, 6.45) is 2.88. The van der Waals surface area contributed by atoms with E-state index in [1.54, 1.807) is 24.3 Å². The largest absolute Gasteiger partial charge is 0.339 e. The maximum absolute atomic E-state index is 13.7. The van der Waals surface area contributed by atoms with E-state index in [0.29, 0.717) is 35.2 Å². The summed E-state index contributed by atoms with van der Waals surface area (Å²) in [6, 6.07) is 20.2.